The van der Waals surface area contributed by atoms with Crippen molar-refractivity contribution in [2.45, 2.75) is 44.3 Å². The van der Waals surface area contributed by atoms with E-state index in [-0.39, 0.29) is 35.8 Å². The standard InChI is InChI=1S/C22H22F4N8O/c1-21(2,22(24,25)26)15-8-16(35-33-15)29-9-28-14-6-3-11(7-13(14)23)18-17-19(27)30-10-31-20(17)34(32-18)12-4-5-12/h3,6-8,10,12,28-29H,4-5,9H2,1-2H3,(H2,27,30,31). The summed E-state index contributed by atoms with van der Waals surface area (Å²) in [7, 11) is 0. The van der Waals surface area contributed by atoms with Gasteiger partial charge in [0.15, 0.2) is 5.65 Å². The molecule has 0 bridgehead atoms. The number of hydrogen-bond acceptors (Lipinski definition) is 8. The number of nitrogens with one attached hydrogen (secondary N) is 2. The summed E-state index contributed by atoms with van der Waals surface area (Å²) in [6, 6.07) is 5.97. The third-order valence-electron chi connectivity index (χ3n) is 6.05. The van der Waals surface area contributed by atoms with E-state index in [0.717, 1.165) is 26.7 Å². The summed E-state index contributed by atoms with van der Waals surface area (Å²) in [5, 5.41) is 14.3. The first-order valence-electron chi connectivity index (χ1n) is 10.9. The van der Waals surface area contributed by atoms with Crippen LogP contribution in [0.2, 0.25) is 0 Å². The average molecular weight is 490 g/mol. The molecule has 5 rings (SSSR count). The number of nitrogens with zero attached hydrogens (tertiary/aromatic N) is 5. The third kappa shape index (κ3) is 4.10. The van der Waals surface area contributed by atoms with E-state index < -0.39 is 17.4 Å². The molecule has 0 spiro atoms. The summed E-state index contributed by atoms with van der Waals surface area (Å²) in [5.41, 5.74) is 5.44. The van der Waals surface area contributed by atoms with E-state index in [1.165, 1.54) is 24.5 Å². The van der Waals surface area contributed by atoms with Crippen LogP contribution >= 0.6 is 0 Å². The Hall–Kier alpha value is -3.90. The van der Waals surface area contributed by atoms with Crippen LogP contribution in [-0.4, -0.2) is 37.8 Å². The van der Waals surface area contributed by atoms with E-state index in [1.54, 1.807) is 6.07 Å². The molecule has 4 N–H and O–H groups in total. The number of nitrogens with two attached hydrogens (primary N) is 1. The van der Waals surface area contributed by atoms with Gasteiger partial charge in [-0.25, -0.2) is 19.0 Å². The van der Waals surface area contributed by atoms with Gasteiger partial charge in [0.25, 0.3) is 0 Å². The lowest BCUT2D eigenvalue weighted by Crippen LogP contribution is -2.36. The molecule has 3 aromatic heterocycles. The number of rotatable bonds is 7. The van der Waals surface area contributed by atoms with Crippen molar-refractivity contribution in [3.8, 4) is 11.3 Å². The van der Waals surface area contributed by atoms with Crippen LogP contribution in [0.5, 0.6) is 0 Å². The largest absolute Gasteiger partial charge is 0.399 e. The number of benzene rings is 1. The van der Waals surface area contributed by atoms with Gasteiger partial charge in [-0.15, -0.1) is 0 Å². The molecule has 1 aromatic carbocycles. The zero-order valence-corrected chi connectivity index (χ0v) is 18.8. The predicted octanol–water partition coefficient (Wildman–Crippen LogP) is 4.86. The summed E-state index contributed by atoms with van der Waals surface area (Å²) >= 11 is 0. The molecule has 13 heteroatoms. The molecule has 0 amide bonds. The van der Waals surface area contributed by atoms with Crippen molar-refractivity contribution in [2.75, 3.05) is 23.0 Å². The SMILES string of the molecule is CC(C)(c1cc(NCNc2ccc(-c3nn(C4CC4)c4ncnc(N)c34)cc2F)on1)C(F)(F)F. The molecule has 35 heavy (non-hydrogen) atoms. The number of fused-ring (bicyclic) bond motifs is 1. The summed E-state index contributed by atoms with van der Waals surface area (Å²) in [5.74, 6) is -0.261. The topological polar surface area (TPSA) is 120 Å². The molecule has 184 valence electrons. The fraction of sp³-hybridized carbons (Fsp3) is 0.364. The lowest BCUT2D eigenvalue weighted by molar-refractivity contribution is -0.181. The maximum absolute atomic E-state index is 14.9. The van der Waals surface area contributed by atoms with Crippen molar-refractivity contribution >= 4 is 28.4 Å². The Morgan fingerprint density at radius 3 is 2.60 bits per heavy atom. The third-order valence-corrected chi connectivity index (χ3v) is 6.05. The normalized spacial score (nSPS) is 14.5. The molecule has 9 nitrogen and oxygen atoms in total. The number of halogens is 4. The van der Waals surface area contributed by atoms with Crippen molar-refractivity contribution in [1.82, 2.24) is 24.9 Å². The van der Waals surface area contributed by atoms with Crippen molar-refractivity contribution in [2.24, 2.45) is 0 Å². The van der Waals surface area contributed by atoms with Gasteiger partial charge in [0, 0.05) is 11.6 Å². The minimum absolute atomic E-state index is 0.0165. The Labute approximate surface area is 196 Å². The summed E-state index contributed by atoms with van der Waals surface area (Å²) in [6.07, 6.45) is -1.12. The number of aromatic nitrogens is 5. The molecule has 1 saturated carbocycles. The van der Waals surface area contributed by atoms with Crippen LogP contribution in [0.4, 0.5) is 35.0 Å². The number of alkyl halides is 3. The van der Waals surface area contributed by atoms with Gasteiger partial charge < -0.3 is 20.9 Å². The molecule has 1 fully saturated rings. The summed E-state index contributed by atoms with van der Waals surface area (Å²) in [6.45, 7) is 2.01. The second-order valence-corrected chi connectivity index (χ2v) is 8.91. The molecule has 0 aliphatic heterocycles. The number of hydrogen-bond donors (Lipinski definition) is 3. The van der Waals surface area contributed by atoms with Gasteiger partial charge in [-0.2, -0.15) is 18.3 Å². The van der Waals surface area contributed by atoms with Crippen molar-refractivity contribution < 1.29 is 22.1 Å². The molecule has 4 aromatic rings. The highest BCUT2D eigenvalue weighted by molar-refractivity contribution is 5.98. The molecule has 0 unspecified atom stereocenters. The van der Waals surface area contributed by atoms with E-state index in [0.29, 0.717) is 22.3 Å². The van der Waals surface area contributed by atoms with Crippen LogP contribution in [0.15, 0.2) is 35.1 Å². The van der Waals surface area contributed by atoms with Gasteiger partial charge in [-0.3, -0.25) is 0 Å². The fourth-order valence-corrected chi connectivity index (χ4v) is 3.60. The van der Waals surface area contributed by atoms with Gasteiger partial charge in [0.1, 0.15) is 34.8 Å². The first-order chi connectivity index (χ1) is 16.6. The minimum Gasteiger partial charge on any atom is -0.383 e. The van der Waals surface area contributed by atoms with Crippen LogP contribution in [0, 0.1) is 5.82 Å². The van der Waals surface area contributed by atoms with Crippen LogP contribution in [0.1, 0.15) is 38.4 Å². The van der Waals surface area contributed by atoms with E-state index >= 15 is 0 Å². The van der Waals surface area contributed by atoms with Crippen LogP contribution in [-0.2, 0) is 5.41 Å². The van der Waals surface area contributed by atoms with E-state index in [1.807, 2.05) is 4.68 Å². The highest BCUT2D eigenvalue weighted by atomic mass is 19.4. The predicted molar refractivity (Wildman–Crippen MR) is 121 cm³/mol. The van der Waals surface area contributed by atoms with E-state index in [9.17, 15) is 17.6 Å². The zero-order valence-electron chi connectivity index (χ0n) is 18.8. The lowest BCUT2D eigenvalue weighted by atomic mass is 9.89. The Morgan fingerprint density at radius 2 is 1.91 bits per heavy atom. The van der Waals surface area contributed by atoms with Gasteiger partial charge >= 0.3 is 6.18 Å². The Bertz CT molecular complexity index is 1390. The molecule has 0 atom stereocenters. The number of anilines is 3. The zero-order chi connectivity index (χ0) is 25.0. The molecular weight excluding hydrogens is 468 g/mol. The molecule has 0 saturated heterocycles. The fourth-order valence-electron chi connectivity index (χ4n) is 3.60. The molecule has 0 radical (unpaired) electrons. The minimum atomic E-state index is -4.49. The second kappa shape index (κ2) is 8.10. The van der Waals surface area contributed by atoms with Crippen LogP contribution in [0.25, 0.3) is 22.3 Å². The Morgan fingerprint density at radius 1 is 1.14 bits per heavy atom. The molecule has 1 aliphatic carbocycles. The van der Waals surface area contributed by atoms with Crippen LogP contribution in [0.3, 0.4) is 0 Å². The van der Waals surface area contributed by atoms with Gasteiger partial charge in [0.2, 0.25) is 5.88 Å². The van der Waals surface area contributed by atoms with Crippen molar-refractivity contribution in [3.63, 3.8) is 0 Å². The first-order valence-corrected chi connectivity index (χ1v) is 10.9. The highest BCUT2D eigenvalue weighted by Gasteiger charge is 2.50. The van der Waals surface area contributed by atoms with Crippen molar-refractivity contribution in [3.05, 3.63) is 42.1 Å². The molecular formula is C22H22F4N8O. The first kappa shape index (κ1) is 22.9. The van der Waals surface area contributed by atoms with E-state index in [4.69, 9.17) is 10.3 Å². The average Bonchev–Trinajstić information content (AvgIpc) is 3.38. The molecule has 1 aliphatic rings. The van der Waals surface area contributed by atoms with Crippen LogP contribution < -0.4 is 16.4 Å². The number of nitrogen functional groups attached to an aromatic ring is 1. The summed E-state index contributed by atoms with van der Waals surface area (Å²) in [4.78, 5) is 8.36. The highest BCUT2D eigenvalue weighted by Crippen LogP contribution is 2.41. The monoisotopic (exact) mass is 490 g/mol. The second-order valence-electron chi connectivity index (χ2n) is 8.91. The maximum Gasteiger partial charge on any atom is 0.399 e. The van der Waals surface area contributed by atoms with E-state index in [2.05, 4.69) is 30.9 Å². The lowest BCUT2D eigenvalue weighted by Gasteiger charge is -2.24. The summed E-state index contributed by atoms with van der Waals surface area (Å²) < 4.78 is 61.2. The maximum atomic E-state index is 14.9. The van der Waals surface area contributed by atoms with Gasteiger partial charge in [0.05, 0.1) is 23.8 Å². The Balaban J connectivity index is 1.31. The van der Waals surface area contributed by atoms with Gasteiger partial charge in [-0.1, -0.05) is 11.2 Å². The van der Waals surface area contributed by atoms with Gasteiger partial charge in [-0.05, 0) is 38.8 Å². The Kier molecular flexibility index (Phi) is 5.29. The van der Waals surface area contributed by atoms with Crippen molar-refractivity contribution in [1.29, 1.82) is 0 Å². The molecule has 3 heterocycles. The quantitative estimate of drug-likeness (QED) is 0.248. The smallest absolute Gasteiger partial charge is 0.383 e.